The van der Waals surface area contributed by atoms with Crippen molar-refractivity contribution in [1.29, 1.82) is 0 Å². The van der Waals surface area contributed by atoms with Gasteiger partial charge in [0.2, 0.25) is 0 Å². The van der Waals surface area contributed by atoms with E-state index < -0.39 is 24.9 Å². The van der Waals surface area contributed by atoms with E-state index in [1.165, 1.54) is 0 Å². The molecule has 0 bridgehead atoms. The summed E-state index contributed by atoms with van der Waals surface area (Å²) in [7, 11) is 0. The molecule has 0 radical (unpaired) electrons. The monoisotopic (exact) mass is 341 g/mol. The van der Waals surface area contributed by atoms with Gasteiger partial charge in [0.15, 0.2) is 0 Å². The minimum Gasteiger partial charge on any atom is -0.393 e. The summed E-state index contributed by atoms with van der Waals surface area (Å²) in [5.41, 5.74) is -0.604. The molecule has 0 aromatic heterocycles. The minimum atomic E-state index is -1.65. The van der Waals surface area contributed by atoms with E-state index in [4.69, 9.17) is 4.74 Å². The highest BCUT2D eigenvalue weighted by molar-refractivity contribution is 7.97. The third-order valence-electron chi connectivity index (χ3n) is 4.19. The van der Waals surface area contributed by atoms with Crippen LogP contribution in [0.15, 0.2) is 30.3 Å². The van der Waals surface area contributed by atoms with E-state index in [1.807, 2.05) is 30.3 Å². The van der Waals surface area contributed by atoms with Crippen LogP contribution >= 0.6 is 11.9 Å². The van der Waals surface area contributed by atoms with Crippen LogP contribution in [-0.4, -0.2) is 70.0 Å². The highest BCUT2D eigenvalue weighted by atomic mass is 32.2. The highest BCUT2D eigenvalue weighted by Crippen LogP contribution is 2.34. The molecule has 1 aromatic rings. The third kappa shape index (κ3) is 4.68. The second-order valence-electron chi connectivity index (χ2n) is 5.95. The summed E-state index contributed by atoms with van der Waals surface area (Å²) in [4.78, 5) is 0. The van der Waals surface area contributed by atoms with Crippen molar-refractivity contribution in [2.75, 3.05) is 38.7 Å². The Bertz CT molecular complexity index is 455. The molecule has 0 saturated carbocycles. The largest absolute Gasteiger partial charge is 0.393 e. The zero-order valence-corrected chi connectivity index (χ0v) is 14.4. The molecule has 1 aromatic carbocycles. The minimum absolute atomic E-state index is 0.118. The van der Waals surface area contributed by atoms with Crippen LogP contribution in [0.25, 0.3) is 0 Å². The molecular weight excluding hydrogens is 314 g/mol. The van der Waals surface area contributed by atoms with Crippen molar-refractivity contribution in [3.8, 4) is 0 Å². The lowest BCUT2D eigenvalue weighted by Crippen LogP contribution is -2.53. The van der Waals surface area contributed by atoms with E-state index in [2.05, 4.69) is 11.2 Å². The molecule has 1 aliphatic heterocycles. The van der Waals surface area contributed by atoms with Gasteiger partial charge in [0.05, 0.1) is 25.9 Å². The SMILES string of the molecule is CCCSN1CCOC(C(O)(CO)CO)C(c2ccccc2)C1. The molecule has 2 unspecified atom stereocenters. The van der Waals surface area contributed by atoms with Crippen LogP contribution < -0.4 is 0 Å². The number of rotatable bonds is 7. The number of hydrogen-bond acceptors (Lipinski definition) is 6. The van der Waals surface area contributed by atoms with E-state index in [-0.39, 0.29) is 5.92 Å². The molecule has 2 atom stereocenters. The quantitative estimate of drug-likeness (QED) is 0.648. The Morgan fingerprint density at radius 2 is 1.96 bits per heavy atom. The van der Waals surface area contributed by atoms with Gasteiger partial charge in [-0.05, 0) is 12.0 Å². The van der Waals surface area contributed by atoms with Crippen molar-refractivity contribution < 1.29 is 20.1 Å². The molecule has 5 nitrogen and oxygen atoms in total. The van der Waals surface area contributed by atoms with Crippen molar-refractivity contribution >= 4 is 11.9 Å². The lowest BCUT2D eigenvalue weighted by atomic mass is 9.83. The van der Waals surface area contributed by atoms with Crippen molar-refractivity contribution in [2.45, 2.75) is 31.0 Å². The lowest BCUT2D eigenvalue weighted by molar-refractivity contribution is -0.156. The summed E-state index contributed by atoms with van der Waals surface area (Å²) in [6, 6.07) is 9.87. The van der Waals surface area contributed by atoms with Crippen LogP contribution in [0.3, 0.4) is 0 Å². The number of benzene rings is 1. The van der Waals surface area contributed by atoms with Gasteiger partial charge in [0, 0.05) is 24.8 Å². The van der Waals surface area contributed by atoms with E-state index in [0.29, 0.717) is 13.2 Å². The zero-order chi connectivity index (χ0) is 16.7. The van der Waals surface area contributed by atoms with Crippen LogP contribution in [0.4, 0.5) is 0 Å². The van der Waals surface area contributed by atoms with Gasteiger partial charge in [-0.15, -0.1) is 0 Å². The van der Waals surface area contributed by atoms with Gasteiger partial charge in [-0.1, -0.05) is 49.2 Å². The fraction of sp³-hybridized carbons (Fsp3) is 0.647. The molecule has 6 heteroatoms. The maximum atomic E-state index is 10.6. The van der Waals surface area contributed by atoms with Gasteiger partial charge < -0.3 is 20.1 Å². The number of nitrogens with zero attached hydrogens (tertiary/aromatic N) is 1. The van der Waals surface area contributed by atoms with Gasteiger partial charge >= 0.3 is 0 Å². The summed E-state index contributed by atoms with van der Waals surface area (Å²) in [5, 5.41) is 29.8. The predicted octanol–water partition coefficient (Wildman–Crippen LogP) is 1.24. The molecule has 130 valence electrons. The average Bonchev–Trinajstić information content (AvgIpc) is 2.83. The molecule has 1 heterocycles. The standard InChI is InChI=1S/C17H27NO4S/c1-2-10-23-18-8-9-22-16(17(21,12-19)13-20)15(11-18)14-6-4-3-5-7-14/h3-7,15-16,19-21H,2,8-13H2,1H3. The molecular formula is C17H27NO4S. The topological polar surface area (TPSA) is 73.2 Å². The van der Waals surface area contributed by atoms with Crippen LogP contribution in [0.1, 0.15) is 24.8 Å². The normalized spacial score (nSPS) is 23.7. The molecule has 3 N–H and O–H groups in total. The predicted molar refractivity (Wildman–Crippen MR) is 92.4 cm³/mol. The van der Waals surface area contributed by atoms with Crippen molar-refractivity contribution in [1.82, 2.24) is 4.31 Å². The zero-order valence-electron chi connectivity index (χ0n) is 13.6. The number of aliphatic hydroxyl groups excluding tert-OH is 2. The summed E-state index contributed by atoms with van der Waals surface area (Å²) >= 11 is 1.78. The molecule has 1 saturated heterocycles. The molecule has 23 heavy (non-hydrogen) atoms. The van der Waals surface area contributed by atoms with E-state index >= 15 is 0 Å². The Morgan fingerprint density at radius 3 is 2.57 bits per heavy atom. The van der Waals surface area contributed by atoms with Crippen molar-refractivity contribution in [2.24, 2.45) is 0 Å². The van der Waals surface area contributed by atoms with Gasteiger partial charge in [-0.3, -0.25) is 0 Å². The fourth-order valence-electron chi connectivity index (χ4n) is 2.88. The Morgan fingerprint density at radius 1 is 1.26 bits per heavy atom. The number of ether oxygens (including phenoxy) is 1. The first-order valence-electron chi connectivity index (χ1n) is 8.13. The van der Waals surface area contributed by atoms with Crippen molar-refractivity contribution in [3.63, 3.8) is 0 Å². The van der Waals surface area contributed by atoms with Crippen LogP contribution in [0.2, 0.25) is 0 Å². The second kappa shape index (κ2) is 9.01. The van der Waals surface area contributed by atoms with E-state index in [0.717, 1.165) is 24.3 Å². The van der Waals surface area contributed by atoms with Gasteiger partial charge in [0.25, 0.3) is 0 Å². The molecule has 1 aliphatic rings. The third-order valence-corrected chi connectivity index (χ3v) is 5.47. The Balaban J connectivity index is 2.28. The fourth-order valence-corrected chi connectivity index (χ4v) is 3.79. The highest BCUT2D eigenvalue weighted by Gasteiger charge is 2.44. The molecule has 2 rings (SSSR count). The lowest BCUT2D eigenvalue weighted by Gasteiger charge is -2.37. The second-order valence-corrected chi connectivity index (χ2v) is 7.13. The molecule has 0 aliphatic carbocycles. The first kappa shape index (κ1) is 18.7. The Hall–Kier alpha value is -0.630. The van der Waals surface area contributed by atoms with E-state index in [1.54, 1.807) is 11.9 Å². The Kier molecular flexibility index (Phi) is 7.33. The van der Waals surface area contributed by atoms with Crippen LogP contribution in [0, 0.1) is 0 Å². The number of hydrogen-bond donors (Lipinski definition) is 3. The smallest absolute Gasteiger partial charge is 0.137 e. The van der Waals surface area contributed by atoms with Gasteiger partial charge in [-0.25, -0.2) is 4.31 Å². The molecule has 0 amide bonds. The summed E-state index contributed by atoms with van der Waals surface area (Å²) < 4.78 is 8.16. The van der Waals surface area contributed by atoms with Gasteiger partial charge in [0.1, 0.15) is 5.60 Å². The van der Waals surface area contributed by atoms with E-state index in [9.17, 15) is 15.3 Å². The number of aliphatic hydroxyl groups is 3. The first-order chi connectivity index (χ1) is 11.1. The summed E-state index contributed by atoms with van der Waals surface area (Å²) in [5.74, 6) is 0.920. The van der Waals surface area contributed by atoms with Gasteiger partial charge in [-0.2, -0.15) is 0 Å². The summed E-state index contributed by atoms with van der Waals surface area (Å²) in [6.07, 6.45) is 0.450. The van der Waals surface area contributed by atoms with Crippen LogP contribution in [0.5, 0.6) is 0 Å². The molecule has 1 fully saturated rings. The summed E-state index contributed by atoms with van der Waals surface area (Å²) in [6.45, 7) is 3.03. The maximum Gasteiger partial charge on any atom is 0.137 e. The van der Waals surface area contributed by atoms with Crippen molar-refractivity contribution in [3.05, 3.63) is 35.9 Å². The van der Waals surface area contributed by atoms with Crippen LogP contribution in [-0.2, 0) is 4.74 Å². The maximum absolute atomic E-state index is 10.6. The molecule has 0 spiro atoms. The average molecular weight is 341 g/mol. The Labute approximate surface area is 142 Å². The first-order valence-corrected chi connectivity index (χ1v) is 9.07.